The van der Waals surface area contributed by atoms with E-state index >= 15 is 0 Å². The summed E-state index contributed by atoms with van der Waals surface area (Å²) in [5.41, 5.74) is 3.33. The van der Waals surface area contributed by atoms with Gasteiger partial charge in [0, 0.05) is 24.2 Å². The Hall–Kier alpha value is -1.85. The smallest absolute Gasteiger partial charge is 0.206 e. The van der Waals surface area contributed by atoms with Crippen LogP contribution in [0.15, 0.2) is 52.3 Å². The average Bonchev–Trinajstić information content (AvgIpc) is 2.86. The van der Waals surface area contributed by atoms with Gasteiger partial charge in [0.1, 0.15) is 0 Å². The molecule has 1 fully saturated rings. The van der Waals surface area contributed by atoms with Gasteiger partial charge in [0.15, 0.2) is 0 Å². The van der Waals surface area contributed by atoms with Crippen LogP contribution in [0.2, 0.25) is 0 Å². The Bertz CT molecular complexity index is 906. The van der Waals surface area contributed by atoms with Crippen LogP contribution in [0.1, 0.15) is 36.8 Å². The maximum atomic E-state index is 13.0. The Morgan fingerprint density at radius 2 is 1.73 bits per heavy atom. The number of nitrogens with one attached hydrogen (secondary N) is 1. The summed E-state index contributed by atoms with van der Waals surface area (Å²) in [6.45, 7) is 7.42. The predicted octanol–water partition coefficient (Wildman–Crippen LogP) is 3.82. The minimum Gasteiger partial charge on any atom is -0.381 e. The average molecular weight is 371 g/mol. The second-order valence-corrected chi connectivity index (χ2v) is 9.38. The van der Waals surface area contributed by atoms with Crippen molar-refractivity contribution in [3.8, 4) is 0 Å². The lowest BCUT2D eigenvalue weighted by atomic mass is 9.91. The van der Waals surface area contributed by atoms with Gasteiger partial charge in [0.05, 0.1) is 9.79 Å². The Labute approximate surface area is 156 Å². The van der Waals surface area contributed by atoms with Crippen molar-refractivity contribution >= 4 is 15.5 Å². The fourth-order valence-electron chi connectivity index (χ4n) is 4.22. The maximum Gasteiger partial charge on any atom is 0.206 e. The Morgan fingerprint density at radius 1 is 1.04 bits per heavy atom. The lowest BCUT2D eigenvalue weighted by molar-refractivity contribution is 0.298. The fraction of sp³-hybridized carbons (Fsp3) is 0.429. The molecule has 0 amide bonds. The van der Waals surface area contributed by atoms with Crippen LogP contribution in [0.4, 0.5) is 5.69 Å². The van der Waals surface area contributed by atoms with E-state index in [-0.39, 0.29) is 0 Å². The maximum absolute atomic E-state index is 13.0. The number of anilines is 1. The van der Waals surface area contributed by atoms with E-state index in [0.717, 1.165) is 43.7 Å². The minimum absolute atomic E-state index is 0.364. The van der Waals surface area contributed by atoms with Gasteiger partial charge in [-0.1, -0.05) is 24.6 Å². The van der Waals surface area contributed by atoms with E-state index in [1.807, 2.05) is 31.2 Å². The number of hydrogen-bond donors (Lipinski definition) is 1. The Balaban J connectivity index is 1.68. The van der Waals surface area contributed by atoms with E-state index in [4.69, 9.17) is 0 Å². The molecule has 0 saturated carbocycles. The molecule has 2 aliphatic rings. The highest BCUT2D eigenvalue weighted by molar-refractivity contribution is 7.91. The van der Waals surface area contributed by atoms with Crippen molar-refractivity contribution in [3.05, 3.63) is 53.6 Å². The Morgan fingerprint density at radius 3 is 2.46 bits per heavy atom. The number of benzene rings is 2. The molecule has 138 valence electrons. The summed E-state index contributed by atoms with van der Waals surface area (Å²) in [7, 11) is -3.48. The summed E-state index contributed by atoms with van der Waals surface area (Å²) >= 11 is 0. The molecular weight excluding hydrogens is 344 g/mol. The zero-order chi connectivity index (χ0) is 18.3. The van der Waals surface area contributed by atoms with E-state index < -0.39 is 9.84 Å². The van der Waals surface area contributed by atoms with E-state index in [0.29, 0.717) is 21.8 Å². The van der Waals surface area contributed by atoms with Crippen molar-refractivity contribution in [1.82, 2.24) is 4.90 Å². The topological polar surface area (TPSA) is 49.4 Å². The van der Waals surface area contributed by atoms with Crippen molar-refractivity contribution in [2.45, 2.75) is 48.4 Å². The molecule has 2 aromatic carbocycles. The third kappa shape index (κ3) is 3.03. The van der Waals surface area contributed by atoms with E-state index in [1.165, 1.54) is 5.56 Å². The number of likely N-dealkylation sites (tertiary alicyclic amines) is 1. The molecule has 0 radical (unpaired) electrons. The lowest BCUT2D eigenvalue weighted by Crippen LogP contribution is -2.25. The van der Waals surface area contributed by atoms with Crippen LogP contribution in [0.25, 0.3) is 0 Å². The second-order valence-electron chi connectivity index (χ2n) is 7.43. The standard InChI is InChI=1S/C21H26N2O2S/c1-3-23-12-10-18-19-14-17(8-9-20(19)22-21(18)11-13-23)26(24,25)16-6-4-15(2)5-7-16/h4-9,14,18,21-22H,3,10-13H2,1-2H3/t18-,21-/m0/s1. The van der Waals surface area contributed by atoms with Crippen LogP contribution in [0.5, 0.6) is 0 Å². The largest absolute Gasteiger partial charge is 0.381 e. The number of aryl methyl sites for hydroxylation is 1. The van der Waals surface area contributed by atoms with E-state index in [9.17, 15) is 8.42 Å². The molecule has 0 bridgehead atoms. The number of hydrogen-bond acceptors (Lipinski definition) is 4. The molecule has 2 aliphatic heterocycles. The van der Waals surface area contributed by atoms with Crippen LogP contribution < -0.4 is 5.32 Å². The molecule has 0 aliphatic carbocycles. The van der Waals surface area contributed by atoms with Gasteiger partial charge in [-0.25, -0.2) is 8.42 Å². The summed E-state index contributed by atoms with van der Waals surface area (Å²) < 4.78 is 26.1. The van der Waals surface area contributed by atoms with Gasteiger partial charge in [-0.2, -0.15) is 0 Å². The van der Waals surface area contributed by atoms with Crippen molar-refractivity contribution < 1.29 is 8.42 Å². The molecule has 5 heteroatoms. The van der Waals surface area contributed by atoms with Crippen LogP contribution >= 0.6 is 0 Å². The lowest BCUT2D eigenvalue weighted by Gasteiger charge is -2.17. The van der Waals surface area contributed by atoms with Crippen LogP contribution in [0, 0.1) is 6.92 Å². The first-order chi connectivity index (χ1) is 12.5. The SMILES string of the molecule is CCN1CC[C@@H]2Nc3ccc(S(=O)(=O)c4ccc(C)cc4)cc3[C@@H]2CC1. The van der Waals surface area contributed by atoms with Gasteiger partial charge in [-0.15, -0.1) is 0 Å². The summed E-state index contributed by atoms with van der Waals surface area (Å²) in [4.78, 5) is 3.25. The zero-order valence-electron chi connectivity index (χ0n) is 15.4. The molecule has 1 saturated heterocycles. The monoisotopic (exact) mass is 370 g/mol. The highest BCUT2D eigenvalue weighted by Gasteiger charge is 2.35. The molecule has 1 N–H and O–H groups in total. The predicted molar refractivity (Wildman–Crippen MR) is 105 cm³/mol. The fourth-order valence-corrected chi connectivity index (χ4v) is 5.51. The third-order valence-electron chi connectivity index (χ3n) is 5.85. The number of nitrogens with zero attached hydrogens (tertiary/aromatic N) is 1. The van der Waals surface area contributed by atoms with E-state index in [2.05, 4.69) is 17.1 Å². The van der Waals surface area contributed by atoms with Crippen LogP contribution in [0.3, 0.4) is 0 Å². The molecule has 2 atom stereocenters. The summed E-state index contributed by atoms with van der Waals surface area (Å²) in [5.74, 6) is 0.398. The Kier molecular flexibility index (Phi) is 4.53. The summed E-state index contributed by atoms with van der Waals surface area (Å²) in [5, 5.41) is 3.63. The van der Waals surface area contributed by atoms with Gasteiger partial charge >= 0.3 is 0 Å². The van der Waals surface area contributed by atoms with Gasteiger partial charge < -0.3 is 10.2 Å². The van der Waals surface area contributed by atoms with Crippen molar-refractivity contribution in [3.63, 3.8) is 0 Å². The number of sulfone groups is 1. The highest BCUT2D eigenvalue weighted by Crippen LogP contribution is 2.42. The van der Waals surface area contributed by atoms with Gasteiger partial charge in [0.2, 0.25) is 9.84 Å². The molecule has 2 heterocycles. The first-order valence-electron chi connectivity index (χ1n) is 9.43. The molecule has 4 nitrogen and oxygen atoms in total. The molecule has 4 rings (SSSR count). The van der Waals surface area contributed by atoms with Gasteiger partial charge in [-0.05, 0) is 68.8 Å². The van der Waals surface area contributed by atoms with Crippen LogP contribution in [-0.4, -0.2) is 39.0 Å². The van der Waals surface area contributed by atoms with Crippen molar-refractivity contribution in [2.75, 3.05) is 25.0 Å². The summed E-state index contributed by atoms with van der Waals surface area (Å²) in [6.07, 6.45) is 2.18. The number of fused-ring (bicyclic) bond motifs is 3. The molecular formula is C21H26N2O2S. The van der Waals surface area contributed by atoms with Crippen LogP contribution in [-0.2, 0) is 9.84 Å². The normalized spacial score (nSPS) is 23.0. The van der Waals surface area contributed by atoms with E-state index in [1.54, 1.807) is 18.2 Å². The molecule has 26 heavy (non-hydrogen) atoms. The second kappa shape index (κ2) is 6.71. The first-order valence-corrected chi connectivity index (χ1v) is 10.9. The quantitative estimate of drug-likeness (QED) is 0.892. The molecule has 2 aromatic rings. The van der Waals surface area contributed by atoms with Crippen molar-refractivity contribution in [2.24, 2.45) is 0 Å². The molecule has 0 spiro atoms. The van der Waals surface area contributed by atoms with Gasteiger partial charge in [0.25, 0.3) is 0 Å². The van der Waals surface area contributed by atoms with Gasteiger partial charge in [-0.3, -0.25) is 0 Å². The first kappa shape index (κ1) is 17.6. The number of rotatable bonds is 3. The zero-order valence-corrected chi connectivity index (χ0v) is 16.2. The highest BCUT2D eigenvalue weighted by atomic mass is 32.2. The minimum atomic E-state index is -3.48. The third-order valence-corrected chi connectivity index (χ3v) is 7.62. The molecule has 0 aromatic heterocycles. The van der Waals surface area contributed by atoms with Crippen molar-refractivity contribution in [1.29, 1.82) is 0 Å². The molecule has 0 unspecified atom stereocenters. The summed E-state index contributed by atoms with van der Waals surface area (Å²) in [6, 6.07) is 13.1.